The van der Waals surface area contributed by atoms with Gasteiger partial charge in [0.15, 0.2) is 0 Å². The number of aryl methyl sites for hydroxylation is 1. The van der Waals surface area contributed by atoms with Crippen molar-refractivity contribution in [3.8, 4) is 0 Å². The van der Waals surface area contributed by atoms with E-state index in [1.54, 1.807) is 45.2 Å². The van der Waals surface area contributed by atoms with E-state index in [2.05, 4.69) is 10.5 Å². The van der Waals surface area contributed by atoms with Gasteiger partial charge in [-0.3, -0.25) is 0 Å². The molecule has 9 nitrogen and oxygen atoms in total. The third-order valence-corrected chi connectivity index (χ3v) is 5.45. The molecule has 2 atom stereocenters. The number of unbranched alkanes of at least 4 members (excludes halogenated alkanes) is 1. The quantitative estimate of drug-likeness (QED) is 0.118. The van der Waals surface area contributed by atoms with Crippen LogP contribution in [0.1, 0.15) is 55.8 Å². The molecule has 202 valence electrons. The smallest absolute Gasteiger partial charge is 0.410 e. The molecule has 0 aliphatic carbocycles. The van der Waals surface area contributed by atoms with Crippen molar-refractivity contribution in [2.45, 2.75) is 52.4 Å². The van der Waals surface area contributed by atoms with Gasteiger partial charge in [-0.15, -0.1) is 0 Å². The van der Waals surface area contributed by atoms with E-state index >= 15 is 0 Å². The van der Waals surface area contributed by atoms with Crippen molar-refractivity contribution in [2.75, 3.05) is 26.9 Å². The normalized spacial score (nSPS) is 13.1. The SMILES string of the molecule is COCCCC/C(=N\OCCNC(=O)OC(OC(=O)[C@@H](N)c1ccccc1)C(C)C)c1ccc(C)cc1. The highest BCUT2D eigenvalue weighted by molar-refractivity contribution is 6.00. The second kappa shape index (κ2) is 16.3. The van der Waals surface area contributed by atoms with Gasteiger partial charge >= 0.3 is 12.1 Å². The standard InChI is InChI=1S/C28H39N3O6/c1-20(2)27(36-26(32)25(29)23-10-6-5-7-11-23)37-28(33)30-17-19-35-31-24(12-8-9-18-34-4)22-15-13-21(3)14-16-22/h5-7,10-11,13-16,20,25,27H,8-9,12,17-19,29H2,1-4H3,(H,30,33)/b31-24+/t25-,27?/m0/s1. The Kier molecular flexibility index (Phi) is 13.2. The molecule has 0 aromatic heterocycles. The molecule has 0 heterocycles. The van der Waals surface area contributed by atoms with E-state index in [0.29, 0.717) is 12.2 Å². The van der Waals surface area contributed by atoms with E-state index in [9.17, 15) is 9.59 Å². The number of nitrogens with zero attached hydrogens (tertiary/aromatic N) is 1. The van der Waals surface area contributed by atoms with Gasteiger partial charge in [0.2, 0.25) is 0 Å². The van der Waals surface area contributed by atoms with Crippen LogP contribution >= 0.6 is 0 Å². The predicted octanol–water partition coefficient (Wildman–Crippen LogP) is 4.48. The lowest BCUT2D eigenvalue weighted by molar-refractivity contribution is -0.176. The average Bonchev–Trinajstić information content (AvgIpc) is 2.89. The Morgan fingerprint density at radius 1 is 0.973 bits per heavy atom. The summed E-state index contributed by atoms with van der Waals surface area (Å²) < 4.78 is 15.8. The summed E-state index contributed by atoms with van der Waals surface area (Å²) in [5, 5.41) is 6.88. The van der Waals surface area contributed by atoms with Gasteiger partial charge in [0.1, 0.15) is 12.6 Å². The van der Waals surface area contributed by atoms with Gasteiger partial charge in [-0.05, 0) is 37.3 Å². The molecule has 0 spiro atoms. The van der Waals surface area contributed by atoms with Crippen LogP contribution in [-0.4, -0.2) is 50.9 Å². The first-order valence-corrected chi connectivity index (χ1v) is 12.5. The van der Waals surface area contributed by atoms with Gasteiger partial charge in [-0.1, -0.05) is 79.2 Å². The third kappa shape index (κ3) is 11.0. The Morgan fingerprint density at radius 3 is 2.32 bits per heavy atom. The van der Waals surface area contributed by atoms with Gasteiger partial charge < -0.3 is 30.1 Å². The monoisotopic (exact) mass is 513 g/mol. The molecule has 0 saturated heterocycles. The van der Waals surface area contributed by atoms with Crippen molar-refractivity contribution in [3.63, 3.8) is 0 Å². The Labute approximate surface area is 219 Å². The lowest BCUT2D eigenvalue weighted by Crippen LogP contribution is -2.37. The van der Waals surface area contributed by atoms with Crippen LogP contribution in [-0.2, 0) is 23.8 Å². The summed E-state index contributed by atoms with van der Waals surface area (Å²) in [4.78, 5) is 30.2. The van der Waals surface area contributed by atoms with Crippen LogP contribution in [0.3, 0.4) is 0 Å². The zero-order valence-electron chi connectivity index (χ0n) is 22.1. The molecule has 0 fully saturated rings. The Bertz CT molecular complexity index is 979. The van der Waals surface area contributed by atoms with E-state index in [4.69, 9.17) is 24.8 Å². The molecule has 2 rings (SSSR count). The van der Waals surface area contributed by atoms with Crippen LogP contribution < -0.4 is 11.1 Å². The second-order valence-electron chi connectivity index (χ2n) is 8.96. The number of nitrogens with one attached hydrogen (secondary N) is 1. The van der Waals surface area contributed by atoms with E-state index in [1.807, 2.05) is 37.3 Å². The fourth-order valence-electron chi connectivity index (χ4n) is 3.28. The minimum atomic E-state index is -1.08. The van der Waals surface area contributed by atoms with Crippen molar-refractivity contribution in [2.24, 2.45) is 16.8 Å². The number of esters is 1. The van der Waals surface area contributed by atoms with Gasteiger partial charge in [0.05, 0.1) is 12.3 Å². The number of nitrogens with two attached hydrogens (primary N) is 1. The lowest BCUT2D eigenvalue weighted by atomic mass is 10.0. The lowest BCUT2D eigenvalue weighted by Gasteiger charge is -2.23. The summed E-state index contributed by atoms with van der Waals surface area (Å²) >= 11 is 0. The summed E-state index contributed by atoms with van der Waals surface area (Å²) in [6.45, 7) is 6.58. The molecular formula is C28H39N3O6. The highest BCUT2D eigenvalue weighted by atomic mass is 16.7. The summed E-state index contributed by atoms with van der Waals surface area (Å²) in [7, 11) is 1.68. The van der Waals surface area contributed by atoms with Crippen molar-refractivity contribution in [1.29, 1.82) is 0 Å². The first kappa shape index (κ1) is 29.8. The molecule has 9 heteroatoms. The van der Waals surface area contributed by atoms with Gasteiger partial charge in [-0.2, -0.15) is 0 Å². The van der Waals surface area contributed by atoms with Crippen LogP contribution in [0, 0.1) is 12.8 Å². The van der Waals surface area contributed by atoms with E-state index in [1.165, 1.54) is 5.56 Å². The highest BCUT2D eigenvalue weighted by Crippen LogP contribution is 2.16. The zero-order chi connectivity index (χ0) is 27.0. The molecule has 0 aliphatic heterocycles. The fraction of sp³-hybridized carbons (Fsp3) is 0.464. The molecule has 1 amide bonds. The average molecular weight is 514 g/mol. The summed E-state index contributed by atoms with van der Waals surface area (Å²) in [5.74, 6) is -0.946. The number of hydrogen-bond acceptors (Lipinski definition) is 8. The van der Waals surface area contributed by atoms with Gasteiger partial charge in [0, 0.05) is 19.6 Å². The Hall–Kier alpha value is -3.43. The molecule has 2 aromatic carbocycles. The fourth-order valence-corrected chi connectivity index (χ4v) is 3.28. The number of rotatable bonds is 15. The summed E-state index contributed by atoms with van der Waals surface area (Å²) in [6.07, 6.45) is 0.769. The largest absolute Gasteiger partial charge is 0.423 e. The van der Waals surface area contributed by atoms with E-state index < -0.39 is 24.4 Å². The molecule has 3 N–H and O–H groups in total. The Balaban J connectivity index is 1.82. The first-order chi connectivity index (χ1) is 17.8. The maximum atomic E-state index is 12.4. The predicted molar refractivity (Wildman–Crippen MR) is 142 cm³/mol. The second-order valence-corrected chi connectivity index (χ2v) is 8.96. The van der Waals surface area contributed by atoms with Crippen molar-refractivity contribution < 1.29 is 28.6 Å². The van der Waals surface area contributed by atoms with Crippen LogP contribution in [0.4, 0.5) is 4.79 Å². The summed E-state index contributed by atoms with van der Waals surface area (Å²) in [5.41, 5.74) is 9.59. The van der Waals surface area contributed by atoms with Gasteiger partial charge in [-0.25, -0.2) is 9.59 Å². The van der Waals surface area contributed by atoms with Crippen molar-refractivity contribution in [1.82, 2.24) is 5.32 Å². The maximum absolute atomic E-state index is 12.4. The number of carbonyl (C=O) groups excluding carboxylic acids is 2. The summed E-state index contributed by atoms with van der Waals surface area (Å²) in [6, 6.07) is 16.0. The third-order valence-electron chi connectivity index (χ3n) is 5.45. The Morgan fingerprint density at radius 2 is 1.68 bits per heavy atom. The van der Waals surface area contributed by atoms with Crippen LogP contribution in [0.5, 0.6) is 0 Å². The number of hydrogen-bond donors (Lipinski definition) is 2. The number of ether oxygens (including phenoxy) is 3. The minimum Gasteiger partial charge on any atom is -0.423 e. The topological polar surface area (TPSA) is 121 Å². The van der Waals surface area contributed by atoms with E-state index in [0.717, 1.165) is 30.5 Å². The molecule has 37 heavy (non-hydrogen) atoms. The van der Waals surface area contributed by atoms with Crippen molar-refractivity contribution >= 4 is 17.8 Å². The highest BCUT2D eigenvalue weighted by Gasteiger charge is 2.26. The van der Waals surface area contributed by atoms with Gasteiger partial charge in [0.25, 0.3) is 6.29 Å². The molecule has 0 saturated carbocycles. The van der Waals surface area contributed by atoms with Crippen LogP contribution in [0.2, 0.25) is 0 Å². The number of amides is 1. The number of alkyl carbamates (subject to hydrolysis) is 1. The van der Waals surface area contributed by atoms with Crippen molar-refractivity contribution in [3.05, 3.63) is 71.3 Å². The molecular weight excluding hydrogens is 474 g/mol. The number of benzene rings is 2. The molecule has 0 bridgehead atoms. The molecule has 1 unspecified atom stereocenters. The molecule has 2 aromatic rings. The number of oxime groups is 1. The minimum absolute atomic E-state index is 0.146. The number of methoxy groups -OCH3 is 1. The first-order valence-electron chi connectivity index (χ1n) is 12.5. The van der Waals surface area contributed by atoms with Crippen LogP contribution in [0.15, 0.2) is 59.8 Å². The zero-order valence-corrected chi connectivity index (χ0v) is 22.1. The number of carbonyl (C=O) groups is 2. The van der Waals surface area contributed by atoms with E-state index in [-0.39, 0.29) is 19.1 Å². The maximum Gasteiger partial charge on any atom is 0.410 e. The molecule has 0 radical (unpaired) electrons. The molecule has 0 aliphatic rings. The van der Waals surface area contributed by atoms with Crippen LogP contribution in [0.25, 0.3) is 0 Å².